The molecule has 1 N–H and O–H groups in total. The molecule has 0 fully saturated rings. The summed E-state index contributed by atoms with van der Waals surface area (Å²) in [6.45, 7) is 0.241. The second-order valence-corrected chi connectivity index (χ2v) is 9.09. The van der Waals surface area contributed by atoms with Crippen LogP contribution in [0.15, 0.2) is 79.2 Å². The number of benzene rings is 3. The van der Waals surface area contributed by atoms with Crippen LogP contribution in [0.1, 0.15) is 11.1 Å². The van der Waals surface area contributed by atoms with Crippen LogP contribution in [-0.2, 0) is 11.4 Å². The molecular formula is C23H19Br3N2O4. The quantitative estimate of drug-likeness (QED) is 0.231. The summed E-state index contributed by atoms with van der Waals surface area (Å²) in [5.74, 6) is 1.31. The van der Waals surface area contributed by atoms with Crippen molar-refractivity contribution in [3.05, 3.63) is 85.2 Å². The molecule has 0 aliphatic rings. The smallest absolute Gasteiger partial charge is 0.277 e. The molecule has 3 aromatic rings. The summed E-state index contributed by atoms with van der Waals surface area (Å²) in [5.41, 5.74) is 4.21. The van der Waals surface area contributed by atoms with Gasteiger partial charge in [-0.15, -0.1) is 0 Å². The lowest BCUT2D eigenvalue weighted by atomic mass is 10.2. The number of nitrogens with one attached hydrogen (secondary N) is 1. The van der Waals surface area contributed by atoms with Gasteiger partial charge in [0, 0.05) is 4.47 Å². The van der Waals surface area contributed by atoms with E-state index in [1.54, 1.807) is 19.2 Å². The van der Waals surface area contributed by atoms with E-state index in [0.717, 1.165) is 20.1 Å². The van der Waals surface area contributed by atoms with E-state index in [1.807, 2.05) is 48.5 Å². The van der Waals surface area contributed by atoms with Crippen molar-refractivity contribution in [3.63, 3.8) is 0 Å². The summed E-state index contributed by atoms with van der Waals surface area (Å²) >= 11 is 10.3. The Morgan fingerprint density at radius 1 is 0.969 bits per heavy atom. The van der Waals surface area contributed by atoms with Gasteiger partial charge >= 0.3 is 0 Å². The second-order valence-electron chi connectivity index (χ2n) is 6.46. The van der Waals surface area contributed by atoms with Gasteiger partial charge in [0.2, 0.25) is 0 Å². The maximum absolute atomic E-state index is 12.0. The molecule has 0 bridgehead atoms. The van der Waals surface area contributed by atoms with Crippen LogP contribution in [0, 0.1) is 0 Å². The number of carbonyl (C=O) groups is 1. The first-order valence-electron chi connectivity index (χ1n) is 9.40. The summed E-state index contributed by atoms with van der Waals surface area (Å²) in [5, 5.41) is 3.99. The first kappa shape index (κ1) is 24.3. The second kappa shape index (κ2) is 12.0. The molecule has 0 spiro atoms. The number of amides is 1. The monoisotopic (exact) mass is 624 g/mol. The van der Waals surface area contributed by atoms with E-state index in [9.17, 15) is 4.79 Å². The molecule has 6 nitrogen and oxygen atoms in total. The van der Waals surface area contributed by atoms with Crippen LogP contribution in [-0.4, -0.2) is 25.8 Å². The Kier molecular flexibility index (Phi) is 9.13. The Labute approximate surface area is 211 Å². The number of nitrogens with zero attached hydrogens (tertiary/aromatic N) is 1. The van der Waals surface area contributed by atoms with Gasteiger partial charge in [-0.3, -0.25) is 4.79 Å². The molecule has 0 saturated carbocycles. The van der Waals surface area contributed by atoms with E-state index in [-0.39, 0.29) is 12.5 Å². The van der Waals surface area contributed by atoms with Gasteiger partial charge in [0.25, 0.3) is 5.91 Å². The van der Waals surface area contributed by atoms with E-state index >= 15 is 0 Å². The fourth-order valence-electron chi connectivity index (χ4n) is 2.63. The van der Waals surface area contributed by atoms with Crippen LogP contribution < -0.4 is 19.6 Å². The zero-order valence-electron chi connectivity index (χ0n) is 17.0. The largest absolute Gasteiger partial charge is 0.493 e. The molecule has 0 heterocycles. The SMILES string of the molecule is COc1cc(/C=N/NC(=O)COc2ccc(Br)cc2Br)cc(Br)c1OCc1ccccc1. The third-order valence-electron chi connectivity index (χ3n) is 4.13. The average Bonchev–Trinajstić information content (AvgIpc) is 2.78. The predicted molar refractivity (Wildman–Crippen MR) is 135 cm³/mol. The van der Waals surface area contributed by atoms with Gasteiger partial charge < -0.3 is 14.2 Å². The summed E-state index contributed by atoms with van der Waals surface area (Å²) in [6.07, 6.45) is 1.52. The molecule has 0 atom stereocenters. The zero-order valence-corrected chi connectivity index (χ0v) is 21.7. The lowest BCUT2D eigenvalue weighted by Crippen LogP contribution is -2.24. The number of ether oxygens (including phenoxy) is 3. The molecule has 3 aromatic carbocycles. The molecule has 1 amide bonds. The van der Waals surface area contributed by atoms with E-state index in [2.05, 4.69) is 58.3 Å². The van der Waals surface area contributed by atoms with Crippen molar-refractivity contribution in [2.45, 2.75) is 6.61 Å². The van der Waals surface area contributed by atoms with Gasteiger partial charge in [-0.1, -0.05) is 46.3 Å². The molecule has 0 aromatic heterocycles. The number of halogens is 3. The maximum Gasteiger partial charge on any atom is 0.277 e. The van der Waals surface area contributed by atoms with E-state index in [0.29, 0.717) is 28.3 Å². The molecule has 3 rings (SSSR count). The minimum atomic E-state index is -0.384. The van der Waals surface area contributed by atoms with Gasteiger partial charge in [0.15, 0.2) is 18.1 Å². The first-order valence-corrected chi connectivity index (χ1v) is 11.8. The fraction of sp³-hybridized carbons (Fsp3) is 0.130. The normalized spacial score (nSPS) is 10.8. The van der Waals surface area contributed by atoms with E-state index in [1.165, 1.54) is 6.21 Å². The van der Waals surface area contributed by atoms with Crippen molar-refractivity contribution in [1.82, 2.24) is 5.43 Å². The van der Waals surface area contributed by atoms with Crippen molar-refractivity contribution in [1.29, 1.82) is 0 Å². The van der Waals surface area contributed by atoms with Crippen LogP contribution in [0.25, 0.3) is 0 Å². The van der Waals surface area contributed by atoms with Crippen LogP contribution >= 0.6 is 47.8 Å². The van der Waals surface area contributed by atoms with Crippen molar-refractivity contribution < 1.29 is 19.0 Å². The maximum atomic E-state index is 12.0. The standard InChI is InChI=1S/C23H19Br3N2O4/c1-30-21-10-16(9-19(26)23(21)32-13-15-5-3-2-4-6-15)12-27-28-22(29)14-31-20-8-7-17(24)11-18(20)25/h2-12H,13-14H2,1H3,(H,28,29)/b27-12+. The molecule has 166 valence electrons. The van der Waals surface area contributed by atoms with Crippen LogP contribution in [0.4, 0.5) is 0 Å². The summed E-state index contributed by atoms with van der Waals surface area (Å²) in [7, 11) is 1.57. The third-order valence-corrected chi connectivity index (χ3v) is 5.84. The Hall–Kier alpha value is -2.36. The van der Waals surface area contributed by atoms with Crippen molar-refractivity contribution in [2.75, 3.05) is 13.7 Å². The summed E-state index contributed by atoms with van der Waals surface area (Å²) in [4.78, 5) is 12.0. The lowest BCUT2D eigenvalue weighted by Gasteiger charge is -2.13. The van der Waals surface area contributed by atoms with Gasteiger partial charge in [-0.25, -0.2) is 5.43 Å². The molecule has 0 saturated heterocycles. The highest BCUT2D eigenvalue weighted by Gasteiger charge is 2.12. The highest BCUT2D eigenvalue weighted by Crippen LogP contribution is 2.36. The zero-order chi connectivity index (χ0) is 22.9. The average molecular weight is 627 g/mol. The molecule has 32 heavy (non-hydrogen) atoms. The Bertz CT molecular complexity index is 1110. The van der Waals surface area contributed by atoms with Gasteiger partial charge in [-0.2, -0.15) is 5.10 Å². The van der Waals surface area contributed by atoms with E-state index in [4.69, 9.17) is 14.2 Å². The van der Waals surface area contributed by atoms with Gasteiger partial charge in [-0.05, 0) is 73.3 Å². The summed E-state index contributed by atoms with van der Waals surface area (Å²) in [6, 6.07) is 18.9. The van der Waals surface area contributed by atoms with Gasteiger partial charge in [0.05, 0.1) is 22.3 Å². The minimum Gasteiger partial charge on any atom is -0.493 e. The highest BCUT2D eigenvalue weighted by atomic mass is 79.9. The van der Waals surface area contributed by atoms with Crippen molar-refractivity contribution in [3.8, 4) is 17.2 Å². The Morgan fingerprint density at radius 3 is 2.47 bits per heavy atom. The van der Waals surface area contributed by atoms with Crippen molar-refractivity contribution >= 4 is 59.9 Å². The molecule has 0 aliphatic heterocycles. The number of hydrogen-bond donors (Lipinski definition) is 1. The number of hydrazone groups is 1. The Morgan fingerprint density at radius 2 is 1.75 bits per heavy atom. The molecule has 9 heteroatoms. The van der Waals surface area contributed by atoms with Crippen LogP contribution in [0.2, 0.25) is 0 Å². The predicted octanol–water partition coefficient (Wildman–Crippen LogP) is 6.09. The first-order chi connectivity index (χ1) is 15.5. The number of hydrogen-bond acceptors (Lipinski definition) is 5. The fourth-order valence-corrected chi connectivity index (χ4v) is 4.37. The number of methoxy groups -OCH3 is 1. The van der Waals surface area contributed by atoms with Crippen LogP contribution in [0.3, 0.4) is 0 Å². The lowest BCUT2D eigenvalue weighted by molar-refractivity contribution is -0.123. The number of carbonyl (C=O) groups excluding carboxylic acids is 1. The van der Waals surface area contributed by atoms with E-state index < -0.39 is 0 Å². The number of rotatable bonds is 9. The van der Waals surface area contributed by atoms with Gasteiger partial charge in [0.1, 0.15) is 12.4 Å². The molecule has 0 aliphatic carbocycles. The van der Waals surface area contributed by atoms with Crippen molar-refractivity contribution in [2.24, 2.45) is 5.10 Å². The molecule has 0 unspecified atom stereocenters. The Balaban J connectivity index is 1.57. The molecule has 0 radical (unpaired) electrons. The molecular weight excluding hydrogens is 608 g/mol. The highest BCUT2D eigenvalue weighted by molar-refractivity contribution is 9.11. The minimum absolute atomic E-state index is 0.170. The van der Waals surface area contributed by atoms with Crippen LogP contribution in [0.5, 0.6) is 17.2 Å². The third kappa shape index (κ3) is 7.08. The summed E-state index contributed by atoms with van der Waals surface area (Å²) < 4.78 is 19.2. The topological polar surface area (TPSA) is 69.2 Å².